The van der Waals surface area contributed by atoms with E-state index in [-0.39, 0.29) is 23.3 Å². The van der Waals surface area contributed by atoms with Gasteiger partial charge in [-0.25, -0.2) is 4.39 Å². The third-order valence-corrected chi connectivity index (χ3v) is 2.97. The van der Waals surface area contributed by atoms with Crippen LogP contribution in [0.2, 0.25) is 5.02 Å². The van der Waals surface area contributed by atoms with Crippen LogP contribution in [0.3, 0.4) is 0 Å². The van der Waals surface area contributed by atoms with Crippen LogP contribution in [0.1, 0.15) is 20.8 Å². The van der Waals surface area contributed by atoms with Crippen LogP contribution in [0.4, 0.5) is 4.39 Å². The molecule has 1 aromatic carbocycles. The van der Waals surface area contributed by atoms with Crippen LogP contribution >= 0.6 is 11.6 Å². The van der Waals surface area contributed by atoms with E-state index in [1.54, 1.807) is 13.0 Å². The average molecular weight is 247 g/mol. The lowest BCUT2D eigenvalue weighted by Gasteiger charge is -2.27. The zero-order valence-electron chi connectivity index (χ0n) is 9.63. The average Bonchev–Trinajstić information content (AvgIpc) is 2.20. The van der Waals surface area contributed by atoms with Gasteiger partial charge in [-0.3, -0.25) is 0 Å². The van der Waals surface area contributed by atoms with Gasteiger partial charge in [0, 0.05) is 0 Å². The molecule has 0 heterocycles. The van der Waals surface area contributed by atoms with Gasteiger partial charge >= 0.3 is 0 Å². The monoisotopic (exact) mass is 246 g/mol. The third kappa shape index (κ3) is 3.09. The van der Waals surface area contributed by atoms with Crippen LogP contribution < -0.4 is 4.74 Å². The number of rotatable bonds is 4. The Hall–Kier alpha value is -0.800. The second-order valence-corrected chi connectivity index (χ2v) is 4.76. The topological polar surface area (TPSA) is 29.5 Å². The molecule has 1 aromatic rings. The van der Waals surface area contributed by atoms with Gasteiger partial charge < -0.3 is 9.84 Å². The fourth-order valence-corrected chi connectivity index (χ4v) is 1.15. The maximum absolute atomic E-state index is 13.4. The van der Waals surface area contributed by atoms with Gasteiger partial charge in [-0.15, -0.1) is 0 Å². The Balaban J connectivity index is 2.72. The summed E-state index contributed by atoms with van der Waals surface area (Å²) in [4.78, 5) is 0. The summed E-state index contributed by atoms with van der Waals surface area (Å²) >= 11 is 5.61. The van der Waals surface area contributed by atoms with E-state index >= 15 is 0 Å². The molecule has 90 valence electrons. The van der Waals surface area contributed by atoms with E-state index in [9.17, 15) is 9.50 Å². The Labute approximate surface area is 100.0 Å². The summed E-state index contributed by atoms with van der Waals surface area (Å²) in [6, 6.07) is 4.53. The zero-order valence-corrected chi connectivity index (χ0v) is 10.4. The van der Waals surface area contributed by atoms with E-state index in [1.165, 1.54) is 12.1 Å². The van der Waals surface area contributed by atoms with Gasteiger partial charge in [-0.1, -0.05) is 31.5 Å². The molecule has 0 amide bonds. The lowest BCUT2D eigenvalue weighted by molar-refractivity contribution is -0.0275. The summed E-state index contributed by atoms with van der Waals surface area (Å²) in [7, 11) is 0. The summed E-state index contributed by atoms with van der Waals surface area (Å²) in [6.45, 7) is 5.43. The quantitative estimate of drug-likeness (QED) is 0.884. The predicted molar refractivity (Wildman–Crippen MR) is 62.4 cm³/mol. The summed E-state index contributed by atoms with van der Waals surface area (Å²) in [6.07, 6.45) is 0. The Morgan fingerprint density at radius 1 is 1.50 bits per heavy atom. The molecule has 0 aliphatic heterocycles. The molecule has 0 fully saturated rings. The molecule has 1 N–H and O–H groups in total. The van der Waals surface area contributed by atoms with Gasteiger partial charge in [0.2, 0.25) is 0 Å². The normalized spacial score (nSPS) is 14.9. The van der Waals surface area contributed by atoms with Crippen molar-refractivity contribution in [2.75, 3.05) is 6.61 Å². The van der Waals surface area contributed by atoms with Crippen molar-refractivity contribution in [2.24, 2.45) is 5.92 Å². The minimum absolute atomic E-state index is 0.0155. The molecule has 1 rings (SSSR count). The van der Waals surface area contributed by atoms with Crippen LogP contribution in [0.25, 0.3) is 0 Å². The smallest absolute Gasteiger partial charge is 0.183 e. The van der Waals surface area contributed by atoms with Crippen molar-refractivity contribution in [3.63, 3.8) is 0 Å². The van der Waals surface area contributed by atoms with E-state index in [1.807, 2.05) is 13.8 Å². The molecule has 1 atom stereocenters. The Bertz CT molecular complexity index is 364. The number of halogens is 2. The fourth-order valence-electron chi connectivity index (χ4n) is 0.986. The highest BCUT2D eigenvalue weighted by Crippen LogP contribution is 2.26. The zero-order chi connectivity index (χ0) is 12.3. The minimum Gasteiger partial charge on any atom is -0.487 e. The molecule has 0 bridgehead atoms. The predicted octanol–water partition coefficient (Wildman–Crippen LogP) is 3.26. The van der Waals surface area contributed by atoms with E-state index in [0.29, 0.717) is 0 Å². The summed E-state index contributed by atoms with van der Waals surface area (Å²) < 4.78 is 18.7. The van der Waals surface area contributed by atoms with Crippen molar-refractivity contribution in [3.8, 4) is 5.75 Å². The molecule has 0 saturated heterocycles. The van der Waals surface area contributed by atoms with Crippen LogP contribution in [-0.4, -0.2) is 17.3 Å². The van der Waals surface area contributed by atoms with Crippen molar-refractivity contribution in [1.29, 1.82) is 0 Å². The van der Waals surface area contributed by atoms with Crippen molar-refractivity contribution >= 4 is 11.6 Å². The standard InChI is InChI=1S/C12H16ClFO2/c1-8(2)12(3,15)7-16-10-6-4-5-9(13)11(10)14/h4-6,8,15H,7H2,1-3H3. The van der Waals surface area contributed by atoms with Gasteiger partial charge in [0.15, 0.2) is 11.6 Å². The van der Waals surface area contributed by atoms with Crippen molar-refractivity contribution in [3.05, 3.63) is 29.0 Å². The first-order chi connectivity index (χ1) is 7.34. The highest BCUT2D eigenvalue weighted by Gasteiger charge is 2.26. The second kappa shape index (κ2) is 5.02. The molecule has 1 unspecified atom stereocenters. The van der Waals surface area contributed by atoms with Crippen LogP contribution in [0, 0.1) is 11.7 Å². The minimum atomic E-state index is -0.991. The Morgan fingerprint density at radius 3 is 2.69 bits per heavy atom. The van der Waals surface area contributed by atoms with Gasteiger partial charge in [0.1, 0.15) is 6.61 Å². The fraction of sp³-hybridized carbons (Fsp3) is 0.500. The number of aliphatic hydroxyl groups is 1. The molecule has 4 heteroatoms. The molecule has 2 nitrogen and oxygen atoms in total. The maximum Gasteiger partial charge on any atom is 0.183 e. The van der Waals surface area contributed by atoms with Gasteiger partial charge in [0.25, 0.3) is 0 Å². The van der Waals surface area contributed by atoms with Gasteiger partial charge in [-0.05, 0) is 25.0 Å². The molecular formula is C12H16ClFO2. The lowest BCUT2D eigenvalue weighted by atomic mass is 9.94. The third-order valence-electron chi connectivity index (χ3n) is 2.68. The number of ether oxygens (including phenoxy) is 1. The summed E-state index contributed by atoms with van der Waals surface area (Å²) in [5.41, 5.74) is -0.991. The molecule has 0 aliphatic carbocycles. The van der Waals surface area contributed by atoms with E-state index in [4.69, 9.17) is 16.3 Å². The molecule has 0 aliphatic rings. The lowest BCUT2D eigenvalue weighted by Crippen LogP contribution is -2.37. The molecule has 0 spiro atoms. The van der Waals surface area contributed by atoms with Crippen molar-refractivity contribution in [1.82, 2.24) is 0 Å². The Kier molecular flexibility index (Phi) is 4.16. The molecule has 0 radical (unpaired) electrons. The van der Waals surface area contributed by atoms with Crippen LogP contribution in [-0.2, 0) is 0 Å². The largest absolute Gasteiger partial charge is 0.487 e. The summed E-state index contributed by atoms with van der Waals surface area (Å²) in [5, 5.41) is 9.95. The molecule has 0 aromatic heterocycles. The Morgan fingerprint density at radius 2 is 2.12 bits per heavy atom. The highest BCUT2D eigenvalue weighted by molar-refractivity contribution is 6.30. The van der Waals surface area contributed by atoms with Crippen LogP contribution in [0.5, 0.6) is 5.75 Å². The SMILES string of the molecule is CC(C)C(C)(O)COc1cccc(Cl)c1F. The first-order valence-electron chi connectivity index (χ1n) is 5.14. The number of hydrogen-bond acceptors (Lipinski definition) is 2. The van der Waals surface area contributed by atoms with Crippen molar-refractivity contribution in [2.45, 2.75) is 26.4 Å². The number of hydrogen-bond donors (Lipinski definition) is 1. The van der Waals surface area contributed by atoms with Crippen molar-refractivity contribution < 1.29 is 14.2 Å². The second-order valence-electron chi connectivity index (χ2n) is 4.35. The van der Waals surface area contributed by atoms with E-state index < -0.39 is 11.4 Å². The maximum atomic E-state index is 13.4. The summed E-state index contributed by atoms with van der Waals surface area (Å²) in [5.74, 6) is -0.508. The van der Waals surface area contributed by atoms with E-state index in [0.717, 1.165) is 0 Å². The van der Waals surface area contributed by atoms with Gasteiger partial charge in [-0.2, -0.15) is 0 Å². The molecule has 0 saturated carbocycles. The molecule has 16 heavy (non-hydrogen) atoms. The van der Waals surface area contributed by atoms with Crippen LogP contribution in [0.15, 0.2) is 18.2 Å². The number of benzene rings is 1. The van der Waals surface area contributed by atoms with E-state index in [2.05, 4.69) is 0 Å². The van der Waals surface area contributed by atoms with Gasteiger partial charge in [0.05, 0.1) is 10.6 Å². The first kappa shape index (κ1) is 13.3. The highest BCUT2D eigenvalue weighted by atomic mass is 35.5. The first-order valence-corrected chi connectivity index (χ1v) is 5.51. The molecular weight excluding hydrogens is 231 g/mol.